The Balaban J connectivity index is 1.96. The molecule has 1 aliphatic heterocycles. The third-order valence-corrected chi connectivity index (χ3v) is 5.10. The summed E-state index contributed by atoms with van der Waals surface area (Å²) in [6.45, 7) is 8.48. The molecule has 0 saturated heterocycles. The minimum Gasteiger partial charge on any atom is -0.490 e. The van der Waals surface area contributed by atoms with Crippen molar-refractivity contribution in [3.8, 4) is 11.5 Å². The molecule has 0 unspecified atom stereocenters. The van der Waals surface area contributed by atoms with Gasteiger partial charge in [-0.15, -0.1) is 0 Å². The fraction of sp³-hybridized carbons (Fsp3) is 0.182. The number of carbonyl (C=O) groups excluding carboxylic acids is 1. The van der Waals surface area contributed by atoms with Crippen molar-refractivity contribution in [1.29, 1.82) is 0 Å². The molecule has 0 bridgehead atoms. The van der Waals surface area contributed by atoms with Gasteiger partial charge in [-0.3, -0.25) is 0 Å². The molecule has 0 spiro atoms. The fourth-order valence-electron chi connectivity index (χ4n) is 2.59. The van der Waals surface area contributed by atoms with E-state index in [0.29, 0.717) is 34.7 Å². The van der Waals surface area contributed by atoms with Gasteiger partial charge in [0, 0.05) is 4.47 Å². The summed E-state index contributed by atoms with van der Waals surface area (Å²) in [6.07, 6.45) is 1.65. The number of esters is 1. The van der Waals surface area contributed by atoms with Crippen LogP contribution in [0.1, 0.15) is 25.0 Å². The average molecular weight is 521 g/mol. The van der Waals surface area contributed by atoms with Crippen molar-refractivity contribution < 1.29 is 19.0 Å². The molecule has 1 aliphatic rings. The summed E-state index contributed by atoms with van der Waals surface area (Å²) in [5.41, 5.74) is 2.55. The molecular formula is C22H19Br2NO4. The van der Waals surface area contributed by atoms with Crippen LogP contribution >= 0.6 is 31.9 Å². The first-order valence-corrected chi connectivity index (χ1v) is 10.5. The van der Waals surface area contributed by atoms with E-state index in [-0.39, 0.29) is 11.6 Å². The Morgan fingerprint density at radius 3 is 2.66 bits per heavy atom. The summed E-state index contributed by atoms with van der Waals surface area (Å²) in [5, 5.41) is 0. The van der Waals surface area contributed by atoms with E-state index in [4.69, 9.17) is 14.2 Å². The number of ether oxygens (including phenoxy) is 3. The number of hydrogen-bond donors (Lipinski definition) is 0. The maximum absolute atomic E-state index is 12.3. The van der Waals surface area contributed by atoms with Gasteiger partial charge in [-0.1, -0.05) is 18.7 Å². The third kappa shape index (κ3) is 5.16. The molecule has 2 aromatic carbocycles. The van der Waals surface area contributed by atoms with E-state index in [1.54, 1.807) is 12.1 Å². The summed E-state index contributed by atoms with van der Waals surface area (Å²) < 4.78 is 18.4. The smallest absolute Gasteiger partial charge is 0.363 e. The first-order valence-electron chi connectivity index (χ1n) is 8.90. The van der Waals surface area contributed by atoms with Crippen molar-refractivity contribution in [1.82, 2.24) is 0 Å². The molecule has 0 aliphatic carbocycles. The average Bonchev–Trinajstić information content (AvgIpc) is 3.01. The third-order valence-electron chi connectivity index (χ3n) is 3.82. The Morgan fingerprint density at radius 1 is 1.21 bits per heavy atom. The first kappa shape index (κ1) is 21.3. The molecule has 0 saturated carbocycles. The van der Waals surface area contributed by atoms with Crippen molar-refractivity contribution in [2.45, 2.75) is 13.8 Å². The number of cyclic esters (lactones) is 1. The minimum atomic E-state index is -0.507. The number of nitrogens with zero attached hydrogens (tertiary/aromatic N) is 1. The number of hydrogen-bond acceptors (Lipinski definition) is 5. The van der Waals surface area contributed by atoms with Crippen LogP contribution in [0.4, 0.5) is 0 Å². The van der Waals surface area contributed by atoms with Crippen LogP contribution in [-0.2, 0) is 9.53 Å². The molecule has 0 N–H and O–H groups in total. The fourth-order valence-corrected chi connectivity index (χ4v) is 3.62. The molecule has 150 valence electrons. The predicted octanol–water partition coefficient (Wildman–Crippen LogP) is 5.91. The van der Waals surface area contributed by atoms with Crippen molar-refractivity contribution in [3.63, 3.8) is 0 Å². The van der Waals surface area contributed by atoms with Crippen molar-refractivity contribution in [2.75, 3.05) is 13.2 Å². The molecule has 7 heteroatoms. The van der Waals surface area contributed by atoms with Crippen molar-refractivity contribution >= 4 is 49.8 Å². The van der Waals surface area contributed by atoms with Gasteiger partial charge < -0.3 is 14.2 Å². The van der Waals surface area contributed by atoms with Gasteiger partial charge in [-0.05, 0) is 87.2 Å². The number of rotatable bonds is 7. The van der Waals surface area contributed by atoms with E-state index in [1.165, 1.54) is 0 Å². The summed E-state index contributed by atoms with van der Waals surface area (Å²) >= 11 is 6.97. The number of halogens is 2. The summed E-state index contributed by atoms with van der Waals surface area (Å²) in [7, 11) is 0. The van der Waals surface area contributed by atoms with Crippen LogP contribution in [0, 0.1) is 0 Å². The zero-order valence-corrected chi connectivity index (χ0v) is 19.2. The topological polar surface area (TPSA) is 57.1 Å². The van der Waals surface area contributed by atoms with E-state index >= 15 is 0 Å². The molecule has 29 heavy (non-hydrogen) atoms. The SMILES string of the molecule is C=C(C)COc1c(Br)cc(/C=C2\N=C(c3ccccc3Br)OC2=O)cc1OCC. The van der Waals surface area contributed by atoms with Crippen LogP contribution in [0.15, 0.2) is 68.2 Å². The normalized spacial score (nSPS) is 14.6. The Kier molecular flexibility index (Phi) is 6.92. The molecule has 0 radical (unpaired) electrons. The highest BCUT2D eigenvalue weighted by atomic mass is 79.9. The lowest BCUT2D eigenvalue weighted by Crippen LogP contribution is -2.06. The number of aliphatic imine (C=N–C) groups is 1. The van der Waals surface area contributed by atoms with Gasteiger partial charge >= 0.3 is 5.97 Å². The minimum absolute atomic E-state index is 0.209. The van der Waals surface area contributed by atoms with E-state index < -0.39 is 5.97 Å². The highest BCUT2D eigenvalue weighted by molar-refractivity contribution is 9.10. The van der Waals surface area contributed by atoms with Gasteiger partial charge in [-0.2, -0.15) is 0 Å². The Labute approximate surface area is 186 Å². The highest BCUT2D eigenvalue weighted by Crippen LogP contribution is 2.38. The Bertz CT molecular complexity index is 1030. The highest BCUT2D eigenvalue weighted by Gasteiger charge is 2.25. The molecule has 1 heterocycles. The second-order valence-corrected chi connectivity index (χ2v) is 8.03. The summed E-state index contributed by atoms with van der Waals surface area (Å²) in [4.78, 5) is 16.7. The monoisotopic (exact) mass is 519 g/mol. The molecule has 5 nitrogen and oxygen atoms in total. The van der Waals surface area contributed by atoms with Gasteiger partial charge in [0.25, 0.3) is 0 Å². The van der Waals surface area contributed by atoms with Crippen LogP contribution in [0.2, 0.25) is 0 Å². The van der Waals surface area contributed by atoms with E-state index in [9.17, 15) is 4.79 Å². The maximum Gasteiger partial charge on any atom is 0.363 e. The molecule has 0 atom stereocenters. The second kappa shape index (κ2) is 9.41. The Hall–Kier alpha value is -2.38. The van der Waals surface area contributed by atoms with Crippen molar-refractivity contribution in [3.05, 3.63) is 74.3 Å². The van der Waals surface area contributed by atoms with Gasteiger partial charge in [0.15, 0.2) is 17.2 Å². The first-order chi connectivity index (χ1) is 13.9. The summed E-state index contributed by atoms with van der Waals surface area (Å²) in [5.74, 6) is 0.909. The van der Waals surface area contributed by atoms with Gasteiger partial charge in [-0.25, -0.2) is 9.79 Å². The quantitative estimate of drug-likeness (QED) is 0.259. The second-order valence-electron chi connectivity index (χ2n) is 6.32. The number of benzene rings is 2. The van der Waals surface area contributed by atoms with Crippen LogP contribution < -0.4 is 9.47 Å². The maximum atomic E-state index is 12.3. The van der Waals surface area contributed by atoms with Gasteiger partial charge in [0.2, 0.25) is 5.90 Å². The van der Waals surface area contributed by atoms with Crippen LogP contribution in [0.25, 0.3) is 6.08 Å². The van der Waals surface area contributed by atoms with Crippen LogP contribution in [-0.4, -0.2) is 25.1 Å². The lowest BCUT2D eigenvalue weighted by molar-refractivity contribution is -0.129. The van der Waals surface area contributed by atoms with E-state index in [0.717, 1.165) is 15.6 Å². The summed E-state index contributed by atoms with van der Waals surface area (Å²) in [6, 6.07) is 11.1. The zero-order valence-electron chi connectivity index (χ0n) is 16.0. The largest absolute Gasteiger partial charge is 0.490 e. The van der Waals surface area contributed by atoms with E-state index in [2.05, 4.69) is 43.4 Å². The molecule has 0 aromatic heterocycles. The zero-order chi connectivity index (χ0) is 21.0. The molecule has 3 rings (SSSR count). The molecular weight excluding hydrogens is 502 g/mol. The van der Waals surface area contributed by atoms with Gasteiger partial charge in [0.1, 0.15) is 6.61 Å². The predicted molar refractivity (Wildman–Crippen MR) is 120 cm³/mol. The molecule has 0 fully saturated rings. The molecule has 2 aromatic rings. The lowest BCUT2D eigenvalue weighted by Gasteiger charge is -2.14. The standard InChI is InChI=1S/C22H19Br2NO4/c1-4-27-19-11-14(9-17(24)20(19)28-12-13(2)3)10-18-22(26)29-21(25-18)15-7-5-6-8-16(15)23/h5-11H,2,4,12H2,1,3H3/b18-10-. The van der Waals surface area contributed by atoms with Crippen molar-refractivity contribution in [2.24, 2.45) is 4.99 Å². The molecule has 0 amide bonds. The Morgan fingerprint density at radius 2 is 1.97 bits per heavy atom. The van der Waals surface area contributed by atoms with Crippen LogP contribution in [0.5, 0.6) is 11.5 Å². The van der Waals surface area contributed by atoms with Crippen LogP contribution in [0.3, 0.4) is 0 Å². The number of carbonyl (C=O) groups is 1. The lowest BCUT2D eigenvalue weighted by atomic mass is 10.1. The van der Waals surface area contributed by atoms with E-state index in [1.807, 2.05) is 44.2 Å². The van der Waals surface area contributed by atoms with Gasteiger partial charge in [0.05, 0.1) is 16.6 Å².